The lowest BCUT2D eigenvalue weighted by atomic mass is 10.1. The van der Waals surface area contributed by atoms with Gasteiger partial charge in [-0.25, -0.2) is 13.2 Å². The van der Waals surface area contributed by atoms with Gasteiger partial charge in [0.15, 0.2) is 0 Å². The van der Waals surface area contributed by atoms with Gasteiger partial charge in [-0.1, -0.05) is 6.07 Å². The average molecular weight is 230 g/mol. The Labute approximate surface area is 88.3 Å². The molecule has 0 amide bonds. The van der Waals surface area contributed by atoms with Crippen molar-refractivity contribution in [1.29, 1.82) is 0 Å². The first kappa shape index (κ1) is 11.5. The molecule has 0 spiro atoms. The minimum Gasteiger partial charge on any atom is -0.507 e. The van der Waals surface area contributed by atoms with Crippen molar-refractivity contribution in [2.24, 2.45) is 0 Å². The van der Waals surface area contributed by atoms with E-state index in [2.05, 4.69) is 4.74 Å². The summed E-state index contributed by atoms with van der Waals surface area (Å²) in [6.45, 7) is 0. The third-order valence-electron chi connectivity index (χ3n) is 1.78. The molecule has 0 heterocycles. The summed E-state index contributed by atoms with van der Waals surface area (Å²) in [5.41, 5.74) is 0.399. The Bertz CT molecular complexity index is 442. The summed E-state index contributed by atoms with van der Waals surface area (Å²) in [5.74, 6) is -1.10. The lowest BCUT2D eigenvalue weighted by Crippen LogP contribution is -2.02. The number of thiol groups is 1. The molecule has 0 saturated carbocycles. The topological polar surface area (TPSA) is 80.7 Å². The molecule has 1 aromatic carbocycles. The van der Waals surface area contributed by atoms with Crippen LogP contribution in [0.15, 0.2) is 18.2 Å². The highest BCUT2D eigenvalue weighted by Crippen LogP contribution is 2.19. The SMILES string of the molecule is COC(=O)c1cc(C[SH](=O)=O)ccc1O. The van der Waals surface area contributed by atoms with Gasteiger partial charge >= 0.3 is 5.97 Å². The number of phenolic OH excluding ortho intramolecular Hbond substituents is 1. The average Bonchev–Trinajstić information content (AvgIpc) is 2.19. The molecule has 6 heteroatoms. The molecular weight excluding hydrogens is 220 g/mol. The van der Waals surface area contributed by atoms with Crippen LogP contribution < -0.4 is 0 Å². The molecule has 0 aliphatic heterocycles. The van der Waals surface area contributed by atoms with Crippen LogP contribution in [0.5, 0.6) is 5.75 Å². The Morgan fingerprint density at radius 3 is 2.67 bits per heavy atom. The molecule has 0 aliphatic carbocycles. The molecule has 5 nitrogen and oxygen atoms in total. The van der Waals surface area contributed by atoms with E-state index in [1.165, 1.54) is 25.3 Å². The lowest BCUT2D eigenvalue weighted by molar-refractivity contribution is 0.0597. The quantitative estimate of drug-likeness (QED) is 0.576. The van der Waals surface area contributed by atoms with Crippen molar-refractivity contribution >= 4 is 16.7 Å². The molecule has 0 aromatic heterocycles. The molecule has 15 heavy (non-hydrogen) atoms. The second kappa shape index (κ2) is 4.79. The predicted molar refractivity (Wildman–Crippen MR) is 53.5 cm³/mol. The van der Waals surface area contributed by atoms with Gasteiger partial charge in [0.2, 0.25) is 0 Å². The molecule has 0 aliphatic rings. The number of phenols is 1. The third-order valence-corrected chi connectivity index (χ3v) is 2.40. The van der Waals surface area contributed by atoms with Gasteiger partial charge in [-0.05, 0) is 17.7 Å². The van der Waals surface area contributed by atoms with E-state index in [9.17, 15) is 18.3 Å². The molecule has 0 saturated heterocycles. The van der Waals surface area contributed by atoms with E-state index < -0.39 is 16.7 Å². The van der Waals surface area contributed by atoms with Crippen molar-refractivity contribution in [2.45, 2.75) is 5.75 Å². The fraction of sp³-hybridized carbons (Fsp3) is 0.222. The van der Waals surface area contributed by atoms with E-state index >= 15 is 0 Å². The van der Waals surface area contributed by atoms with Crippen molar-refractivity contribution in [3.8, 4) is 5.75 Å². The highest BCUT2D eigenvalue weighted by atomic mass is 32.2. The van der Waals surface area contributed by atoms with Gasteiger partial charge in [-0.3, -0.25) is 0 Å². The lowest BCUT2D eigenvalue weighted by Gasteiger charge is -2.03. The highest BCUT2D eigenvalue weighted by molar-refractivity contribution is 7.71. The normalized spacial score (nSPS) is 10.3. The largest absolute Gasteiger partial charge is 0.507 e. The fourth-order valence-corrected chi connectivity index (χ4v) is 1.60. The second-order valence-corrected chi connectivity index (χ2v) is 3.82. The van der Waals surface area contributed by atoms with E-state index in [0.717, 1.165) is 0 Å². The summed E-state index contributed by atoms with van der Waals surface area (Å²) in [7, 11) is -1.37. The first-order valence-electron chi connectivity index (χ1n) is 4.06. The van der Waals surface area contributed by atoms with Crippen molar-refractivity contribution in [1.82, 2.24) is 0 Å². The number of rotatable bonds is 3. The number of carbonyl (C=O) groups excluding carboxylic acids is 1. The van der Waals surface area contributed by atoms with Gasteiger partial charge in [0.1, 0.15) is 22.0 Å². The molecule has 0 atom stereocenters. The van der Waals surface area contributed by atoms with Gasteiger partial charge in [-0.2, -0.15) is 0 Å². The summed E-state index contributed by atoms with van der Waals surface area (Å²) < 4.78 is 25.4. The van der Waals surface area contributed by atoms with E-state index in [4.69, 9.17) is 0 Å². The standard InChI is InChI=1S/C9H10O5S/c1-14-9(11)7-4-6(5-15(12)13)2-3-8(7)10/h2-4,10,15H,5H2,1H3. The predicted octanol–water partition coefficient (Wildman–Crippen LogP) is 0.290. The molecule has 0 radical (unpaired) electrons. The molecule has 1 rings (SSSR count). The van der Waals surface area contributed by atoms with Crippen LogP contribution >= 0.6 is 0 Å². The summed E-state index contributed by atoms with van der Waals surface area (Å²) in [5, 5.41) is 9.32. The zero-order valence-corrected chi connectivity index (χ0v) is 8.86. The van der Waals surface area contributed by atoms with Crippen molar-refractivity contribution in [3.63, 3.8) is 0 Å². The van der Waals surface area contributed by atoms with Gasteiger partial charge in [0.05, 0.1) is 12.9 Å². The number of aromatic hydroxyl groups is 1. The first-order valence-corrected chi connectivity index (χ1v) is 5.43. The van der Waals surface area contributed by atoms with E-state index in [-0.39, 0.29) is 17.1 Å². The number of methoxy groups -OCH3 is 1. The van der Waals surface area contributed by atoms with Crippen LogP contribution in [0.4, 0.5) is 0 Å². The van der Waals surface area contributed by atoms with Crippen molar-refractivity contribution in [3.05, 3.63) is 29.3 Å². The number of carbonyl (C=O) groups is 1. The molecule has 0 unspecified atom stereocenters. The number of esters is 1. The van der Waals surface area contributed by atoms with E-state index in [1.54, 1.807) is 0 Å². The number of benzene rings is 1. The van der Waals surface area contributed by atoms with Crippen LogP contribution in [0, 0.1) is 0 Å². The third kappa shape index (κ3) is 2.95. The van der Waals surface area contributed by atoms with Crippen molar-refractivity contribution < 1.29 is 23.1 Å². The minimum atomic E-state index is -2.56. The smallest absolute Gasteiger partial charge is 0.341 e. The van der Waals surface area contributed by atoms with Crippen LogP contribution in [-0.2, 0) is 21.2 Å². The molecular formula is C9H10O5S. The Morgan fingerprint density at radius 1 is 1.47 bits per heavy atom. The van der Waals surface area contributed by atoms with Gasteiger partial charge in [-0.15, -0.1) is 0 Å². The number of ether oxygens (including phenoxy) is 1. The monoisotopic (exact) mass is 230 g/mol. The summed E-state index contributed by atoms with van der Waals surface area (Å²) in [6.07, 6.45) is 0. The van der Waals surface area contributed by atoms with E-state index in [0.29, 0.717) is 5.56 Å². The minimum absolute atomic E-state index is 0.0353. The Kier molecular flexibility index (Phi) is 3.68. The first-order chi connectivity index (χ1) is 7.04. The fourth-order valence-electron chi connectivity index (χ4n) is 1.10. The van der Waals surface area contributed by atoms with Crippen LogP contribution in [0.1, 0.15) is 15.9 Å². The molecule has 0 fully saturated rings. The van der Waals surface area contributed by atoms with Crippen LogP contribution in [0.2, 0.25) is 0 Å². The molecule has 1 N–H and O–H groups in total. The number of hydrogen-bond donors (Lipinski definition) is 2. The summed E-state index contributed by atoms with van der Waals surface area (Å²) in [4.78, 5) is 11.1. The summed E-state index contributed by atoms with van der Waals surface area (Å²) >= 11 is 0. The second-order valence-electron chi connectivity index (χ2n) is 2.83. The highest BCUT2D eigenvalue weighted by Gasteiger charge is 2.12. The van der Waals surface area contributed by atoms with E-state index in [1.807, 2.05) is 0 Å². The Morgan fingerprint density at radius 2 is 2.13 bits per heavy atom. The maximum absolute atomic E-state index is 11.1. The molecule has 1 aromatic rings. The summed E-state index contributed by atoms with van der Waals surface area (Å²) in [6, 6.07) is 4.00. The Balaban J connectivity index is 3.10. The zero-order chi connectivity index (χ0) is 11.4. The van der Waals surface area contributed by atoms with Crippen molar-refractivity contribution in [2.75, 3.05) is 7.11 Å². The molecule has 82 valence electrons. The van der Waals surface area contributed by atoms with Crippen LogP contribution in [-0.4, -0.2) is 26.6 Å². The molecule has 0 bridgehead atoms. The Hall–Kier alpha value is -1.56. The van der Waals surface area contributed by atoms with Gasteiger partial charge < -0.3 is 9.84 Å². The van der Waals surface area contributed by atoms with Crippen LogP contribution in [0.25, 0.3) is 0 Å². The van der Waals surface area contributed by atoms with Gasteiger partial charge in [0, 0.05) is 0 Å². The zero-order valence-electron chi connectivity index (χ0n) is 7.97. The maximum atomic E-state index is 11.1. The van der Waals surface area contributed by atoms with Crippen LogP contribution in [0.3, 0.4) is 0 Å². The number of hydrogen-bond acceptors (Lipinski definition) is 5. The van der Waals surface area contributed by atoms with Gasteiger partial charge in [0.25, 0.3) is 0 Å². The maximum Gasteiger partial charge on any atom is 0.341 e.